The molecule has 0 fully saturated rings. The molecule has 0 saturated carbocycles. The van der Waals surface area contributed by atoms with Gasteiger partial charge >= 0.3 is 5.69 Å². The molecule has 0 unspecified atom stereocenters. The van der Waals surface area contributed by atoms with Gasteiger partial charge in [0.25, 0.3) is 5.91 Å². The minimum absolute atomic E-state index is 0.142. The fourth-order valence-electron chi connectivity index (χ4n) is 2.32. The van der Waals surface area contributed by atoms with Crippen LogP contribution in [0.2, 0.25) is 5.02 Å². The molecule has 0 aliphatic rings. The molecular weight excluding hydrogens is 334 g/mol. The van der Waals surface area contributed by atoms with E-state index in [4.69, 9.17) is 11.6 Å². The van der Waals surface area contributed by atoms with E-state index < -0.39 is 16.9 Å². The van der Waals surface area contributed by atoms with Crippen LogP contribution in [0.1, 0.15) is 34.7 Å². The Hall–Kier alpha value is -2.92. The molecule has 1 atom stereocenters. The SMILES string of the molecule is CCn1nc(C)c([N+](=O)[O-])c1C(=O)N[C@H](C#N)c1cccc(Cl)c1. The molecular formula is C15H14ClN5O3. The highest BCUT2D eigenvalue weighted by Gasteiger charge is 2.31. The summed E-state index contributed by atoms with van der Waals surface area (Å²) in [6, 6.07) is 7.43. The summed E-state index contributed by atoms with van der Waals surface area (Å²) in [5.74, 6) is -0.740. The molecule has 0 aliphatic carbocycles. The highest BCUT2D eigenvalue weighted by molar-refractivity contribution is 6.30. The van der Waals surface area contributed by atoms with Gasteiger partial charge in [-0.25, -0.2) is 0 Å². The number of carbonyl (C=O) groups is 1. The molecule has 8 nitrogen and oxygen atoms in total. The lowest BCUT2D eigenvalue weighted by Crippen LogP contribution is -2.30. The first kappa shape index (κ1) is 17.4. The van der Waals surface area contributed by atoms with E-state index >= 15 is 0 Å². The quantitative estimate of drug-likeness (QED) is 0.659. The van der Waals surface area contributed by atoms with Crippen molar-refractivity contribution in [3.05, 3.63) is 56.4 Å². The fraction of sp³-hybridized carbons (Fsp3) is 0.267. The third-order valence-electron chi connectivity index (χ3n) is 3.38. The number of nitrogens with zero attached hydrogens (tertiary/aromatic N) is 4. The monoisotopic (exact) mass is 347 g/mol. The third kappa shape index (κ3) is 3.36. The van der Waals surface area contributed by atoms with Crippen LogP contribution in [0.3, 0.4) is 0 Å². The summed E-state index contributed by atoms with van der Waals surface area (Å²) in [6.07, 6.45) is 0. The van der Waals surface area contributed by atoms with Crippen LogP contribution in [0.15, 0.2) is 24.3 Å². The average molecular weight is 348 g/mol. The van der Waals surface area contributed by atoms with Crippen molar-refractivity contribution < 1.29 is 9.72 Å². The minimum Gasteiger partial charge on any atom is -0.331 e. The standard InChI is InChI=1S/C15H14ClN5O3/c1-3-20-14(13(21(23)24)9(2)19-20)15(22)18-12(8-17)10-5-4-6-11(16)7-10/h4-7,12H,3H2,1-2H3,(H,18,22)/t12-/m1/s1. The maximum atomic E-state index is 12.5. The number of nitro groups is 1. The molecule has 24 heavy (non-hydrogen) atoms. The Morgan fingerprint density at radius 2 is 2.29 bits per heavy atom. The summed E-state index contributed by atoms with van der Waals surface area (Å²) < 4.78 is 1.25. The second-order valence-corrected chi connectivity index (χ2v) is 5.38. The zero-order valence-corrected chi connectivity index (χ0v) is 13.7. The Morgan fingerprint density at radius 1 is 1.58 bits per heavy atom. The van der Waals surface area contributed by atoms with Gasteiger partial charge in [0.2, 0.25) is 5.69 Å². The van der Waals surface area contributed by atoms with Gasteiger partial charge in [0, 0.05) is 11.6 Å². The maximum absolute atomic E-state index is 12.5. The van der Waals surface area contributed by atoms with Gasteiger partial charge in [0.15, 0.2) is 0 Å². The largest absolute Gasteiger partial charge is 0.331 e. The number of aromatic nitrogens is 2. The third-order valence-corrected chi connectivity index (χ3v) is 3.61. The normalized spacial score (nSPS) is 11.6. The van der Waals surface area contributed by atoms with Crippen molar-refractivity contribution >= 4 is 23.2 Å². The number of benzene rings is 1. The molecule has 1 aromatic carbocycles. The molecule has 9 heteroatoms. The van der Waals surface area contributed by atoms with Crippen LogP contribution in [0.5, 0.6) is 0 Å². The second kappa shape index (κ2) is 7.10. The van der Waals surface area contributed by atoms with Crippen molar-refractivity contribution in [3.63, 3.8) is 0 Å². The lowest BCUT2D eigenvalue weighted by molar-refractivity contribution is -0.385. The highest BCUT2D eigenvalue weighted by atomic mass is 35.5. The fourth-order valence-corrected chi connectivity index (χ4v) is 2.52. The van der Waals surface area contributed by atoms with E-state index in [9.17, 15) is 20.2 Å². The van der Waals surface area contributed by atoms with Crippen LogP contribution >= 0.6 is 11.6 Å². The molecule has 124 valence electrons. The Balaban J connectivity index is 2.39. The van der Waals surface area contributed by atoms with Gasteiger partial charge in [-0.2, -0.15) is 10.4 Å². The predicted octanol–water partition coefficient (Wildman–Crippen LogP) is 2.77. The van der Waals surface area contributed by atoms with E-state index in [1.165, 1.54) is 11.6 Å². The van der Waals surface area contributed by atoms with Crippen molar-refractivity contribution in [3.8, 4) is 6.07 Å². The van der Waals surface area contributed by atoms with Gasteiger partial charge in [-0.3, -0.25) is 19.6 Å². The zero-order chi connectivity index (χ0) is 17.9. The van der Waals surface area contributed by atoms with E-state index in [-0.39, 0.29) is 23.6 Å². The first-order chi connectivity index (χ1) is 11.4. The van der Waals surface area contributed by atoms with Crippen molar-refractivity contribution in [2.45, 2.75) is 26.4 Å². The number of nitrogens with one attached hydrogen (secondary N) is 1. The van der Waals surface area contributed by atoms with Gasteiger partial charge < -0.3 is 5.32 Å². The number of rotatable bonds is 5. The van der Waals surface area contributed by atoms with Gasteiger partial charge in [-0.05, 0) is 31.5 Å². The van der Waals surface area contributed by atoms with Gasteiger partial charge in [0.05, 0.1) is 11.0 Å². The van der Waals surface area contributed by atoms with Gasteiger partial charge in [0.1, 0.15) is 11.7 Å². The van der Waals surface area contributed by atoms with Crippen LogP contribution < -0.4 is 5.32 Å². The van der Waals surface area contributed by atoms with E-state index in [1.54, 1.807) is 31.2 Å². The first-order valence-corrected chi connectivity index (χ1v) is 7.44. The molecule has 0 bridgehead atoms. The number of aryl methyl sites for hydroxylation is 2. The molecule has 2 aromatic rings. The molecule has 1 heterocycles. The topological polar surface area (TPSA) is 114 Å². The van der Waals surface area contributed by atoms with Crippen LogP contribution in [-0.4, -0.2) is 20.6 Å². The highest BCUT2D eigenvalue weighted by Crippen LogP contribution is 2.24. The zero-order valence-electron chi connectivity index (χ0n) is 13.0. The summed E-state index contributed by atoms with van der Waals surface area (Å²) in [5, 5.41) is 27.5. The van der Waals surface area contributed by atoms with Crippen LogP contribution in [-0.2, 0) is 6.54 Å². The van der Waals surface area contributed by atoms with Crippen molar-refractivity contribution in [2.24, 2.45) is 0 Å². The molecule has 0 radical (unpaired) electrons. The lowest BCUT2D eigenvalue weighted by Gasteiger charge is -2.12. The number of amides is 1. The summed E-state index contributed by atoms with van der Waals surface area (Å²) >= 11 is 5.89. The molecule has 0 saturated heterocycles. The molecule has 2 rings (SSSR count). The lowest BCUT2D eigenvalue weighted by atomic mass is 10.1. The van der Waals surface area contributed by atoms with Crippen LogP contribution in [0.4, 0.5) is 5.69 Å². The smallest absolute Gasteiger partial charge is 0.322 e. The predicted molar refractivity (Wildman–Crippen MR) is 86.6 cm³/mol. The molecule has 0 spiro atoms. The molecule has 1 N–H and O–H groups in total. The number of carbonyl (C=O) groups excluding carboxylic acids is 1. The van der Waals surface area contributed by atoms with Crippen LogP contribution in [0.25, 0.3) is 0 Å². The van der Waals surface area contributed by atoms with Gasteiger partial charge in [-0.1, -0.05) is 23.7 Å². The summed E-state index contributed by atoms with van der Waals surface area (Å²) in [5.41, 5.74) is 0.0861. The van der Waals surface area contributed by atoms with Gasteiger partial charge in [-0.15, -0.1) is 0 Å². The second-order valence-electron chi connectivity index (χ2n) is 4.95. The van der Waals surface area contributed by atoms with Crippen molar-refractivity contribution in [1.82, 2.24) is 15.1 Å². The summed E-state index contributed by atoms with van der Waals surface area (Å²) in [7, 11) is 0. The molecule has 1 aromatic heterocycles. The number of halogens is 1. The summed E-state index contributed by atoms with van der Waals surface area (Å²) in [6.45, 7) is 3.46. The Bertz CT molecular complexity index is 840. The molecule has 0 aliphatic heterocycles. The minimum atomic E-state index is -0.990. The average Bonchev–Trinajstić information content (AvgIpc) is 2.89. The molecule has 1 amide bonds. The van der Waals surface area contributed by atoms with Crippen molar-refractivity contribution in [2.75, 3.05) is 0 Å². The maximum Gasteiger partial charge on any atom is 0.322 e. The Morgan fingerprint density at radius 3 is 2.83 bits per heavy atom. The number of hydrogen-bond donors (Lipinski definition) is 1. The Kier molecular flexibility index (Phi) is 5.16. The number of nitriles is 1. The Labute approximate surface area is 142 Å². The first-order valence-electron chi connectivity index (χ1n) is 7.06. The van der Waals surface area contributed by atoms with E-state index in [0.29, 0.717) is 10.6 Å². The van der Waals surface area contributed by atoms with E-state index in [1.807, 2.05) is 6.07 Å². The van der Waals surface area contributed by atoms with E-state index in [2.05, 4.69) is 10.4 Å². The van der Waals surface area contributed by atoms with E-state index in [0.717, 1.165) is 0 Å². The van der Waals surface area contributed by atoms with Crippen molar-refractivity contribution in [1.29, 1.82) is 5.26 Å². The summed E-state index contributed by atoms with van der Waals surface area (Å²) in [4.78, 5) is 23.1. The number of hydrogen-bond acceptors (Lipinski definition) is 5. The van der Waals surface area contributed by atoms with Crippen LogP contribution in [0, 0.1) is 28.4 Å².